The van der Waals surface area contributed by atoms with E-state index in [0.717, 1.165) is 0 Å². The summed E-state index contributed by atoms with van der Waals surface area (Å²) in [5.74, 6) is 0. The van der Waals surface area contributed by atoms with E-state index >= 15 is 0 Å². The second-order valence-electron chi connectivity index (χ2n) is 1.78. The van der Waals surface area contributed by atoms with E-state index in [1.807, 2.05) is 0 Å². The molecule has 0 aliphatic heterocycles. The van der Waals surface area contributed by atoms with Crippen molar-refractivity contribution in [1.82, 2.24) is 0 Å². The molecule has 0 saturated carbocycles. The zero-order valence-electron chi connectivity index (χ0n) is 5.40. The van der Waals surface area contributed by atoms with Crippen LogP contribution in [0.1, 0.15) is 0 Å². The van der Waals surface area contributed by atoms with Crippen LogP contribution in [0.5, 0.6) is 0 Å². The number of halogens is 2. The summed E-state index contributed by atoms with van der Waals surface area (Å²) in [6, 6.07) is 6.50. The Morgan fingerprint density at radius 3 is 2.40 bits per heavy atom. The molecule has 0 radical (unpaired) electrons. The maximum absolute atomic E-state index is 2.35. The Balaban J connectivity index is 3.04. The third-order valence-electron chi connectivity index (χ3n) is 1.13. The van der Waals surface area contributed by atoms with Gasteiger partial charge in [0.15, 0.2) is 0 Å². The zero-order chi connectivity index (χ0) is 7.56. The first-order chi connectivity index (χ1) is 4.74. The Morgan fingerprint density at radius 1 is 1.20 bits per heavy atom. The third kappa shape index (κ3) is 2.27. The Kier molecular flexibility index (Phi) is 3.79. The molecule has 54 valence electrons. The molecule has 0 atom stereocenters. The van der Waals surface area contributed by atoms with Crippen LogP contribution in [-0.2, 0) is 0 Å². The molecular weight excluding hydrogens is 370 g/mol. The molecule has 1 aromatic rings. The van der Waals surface area contributed by atoms with Gasteiger partial charge >= 0.3 is 0 Å². The molecule has 0 aliphatic carbocycles. The second-order valence-corrected chi connectivity index (χ2v) is 4.98. The van der Waals surface area contributed by atoms with Crippen molar-refractivity contribution in [2.45, 2.75) is 4.90 Å². The summed E-state index contributed by atoms with van der Waals surface area (Å²) in [4.78, 5) is 1.34. The summed E-state index contributed by atoms with van der Waals surface area (Å²) in [5, 5.41) is 0. The van der Waals surface area contributed by atoms with E-state index < -0.39 is 0 Å². The number of hydrogen-bond donors (Lipinski definition) is 0. The van der Waals surface area contributed by atoms with Crippen LogP contribution in [0.3, 0.4) is 0 Å². The molecule has 3 heteroatoms. The van der Waals surface area contributed by atoms with Crippen LogP contribution in [0.25, 0.3) is 0 Å². The minimum Gasteiger partial charge on any atom is -0.130 e. The van der Waals surface area contributed by atoms with Crippen molar-refractivity contribution in [3.8, 4) is 0 Å². The molecular formula is C7H6I2S. The van der Waals surface area contributed by atoms with Gasteiger partial charge in [-0.15, -0.1) is 11.8 Å². The fourth-order valence-electron chi connectivity index (χ4n) is 0.604. The molecule has 0 fully saturated rings. The molecule has 0 spiro atoms. The summed E-state index contributed by atoms with van der Waals surface area (Å²) < 4.78 is 2.67. The van der Waals surface area contributed by atoms with Gasteiger partial charge in [0.2, 0.25) is 0 Å². The monoisotopic (exact) mass is 376 g/mol. The molecule has 0 N–H and O–H groups in total. The predicted octanol–water partition coefficient (Wildman–Crippen LogP) is 3.62. The van der Waals surface area contributed by atoms with E-state index in [2.05, 4.69) is 69.6 Å². The lowest BCUT2D eigenvalue weighted by atomic mass is 10.4. The average molecular weight is 376 g/mol. The van der Waals surface area contributed by atoms with Gasteiger partial charge in [-0.25, -0.2) is 0 Å². The lowest BCUT2D eigenvalue weighted by molar-refractivity contribution is 1.41. The molecule has 0 nitrogen and oxygen atoms in total. The number of thioether (sulfide) groups is 1. The fourth-order valence-corrected chi connectivity index (χ4v) is 2.11. The van der Waals surface area contributed by atoms with Crippen LogP contribution in [0.4, 0.5) is 0 Å². The predicted molar refractivity (Wildman–Crippen MR) is 63.7 cm³/mol. The van der Waals surface area contributed by atoms with Gasteiger partial charge < -0.3 is 0 Å². The van der Waals surface area contributed by atoms with E-state index in [1.54, 1.807) is 11.8 Å². The minimum absolute atomic E-state index is 1.33. The zero-order valence-corrected chi connectivity index (χ0v) is 10.5. The number of rotatable bonds is 1. The van der Waals surface area contributed by atoms with Gasteiger partial charge in [-0.2, -0.15) is 0 Å². The van der Waals surface area contributed by atoms with Crippen molar-refractivity contribution >= 4 is 56.9 Å². The molecule has 0 bridgehead atoms. The normalized spacial score (nSPS) is 9.90. The molecule has 1 rings (SSSR count). The Bertz CT molecular complexity index is 235. The van der Waals surface area contributed by atoms with E-state index in [0.29, 0.717) is 0 Å². The van der Waals surface area contributed by atoms with Gasteiger partial charge in [0, 0.05) is 12.0 Å². The van der Waals surface area contributed by atoms with Gasteiger partial charge in [0.25, 0.3) is 0 Å². The first-order valence-corrected chi connectivity index (χ1v) is 6.11. The van der Waals surface area contributed by atoms with Gasteiger partial charge in [0.05, 0.1) is 0 Å². The SMILES string of the molecule is CSc1ccc(I)c(I)c1. The Hall–Kier alpha value is 1.03. The molecule has 0 unspecified atom stereocenters. The topological polar surface area (TPSA) is 0 Å². The van der Waals surface area contributed by atoms with Crippen molar-refractivity contribution in [1.29, 1.82) is 0 Å². The summed E-state index contributed by atoms with van der Waals surface area (Å²) in [7, 11) is 0. The van der Waals surface area contributed by atoms with Crippen LogP contribution < -0.4 is 0 Å². The molecule has 0 amide bonds. The number of hydrogen-bond acceptors (Lipinski definition) is 1. The Labute approximate surface area is 92.4 Å². The average Bonchev–Trinajstić information content (AvgIpc) is 1.95. The maximum Gasteiger partial charge on any atom is 0.0275 e. The van der Waals surface area contributed by atoms with Crippen LogP contribution in [0.2, 0.25) is 0 Å². The minimum atomic E-state index is 1.33. The number of benzene rings is 1. The van der Waals surface area contributed by atoms with E-state index in [-0.39, 0.29) is 0 Å². The molecule has 0 aromatic heterocycles. The van der Waals surface area contributed by atoms with Crippen LogP contribution in [-0.4, -0.2) is 6.26 Å². The van der Waals surface area contributed by atoms with Crippen LogP contribution in [0.15, 0.2) is 23.1 Å². The first-order valence-electron chi connectivity index (χ1n) is 2.73. The largest absolute Gasteiger partial charge is 0.130 e. The van der Waals surface area contributed by atoms with Gasteiger partial charge in [0.1, 0.15) is 0 Å². The summed E-state index contributed by atoms with van der Waals surface area (Å²) >= 11 is 6.48. The summed E-state index contributed by atoms with van der Waals surface area (Å²) in [6.07, 6.45) is 2.10. The maximum atomic E-state index is 2.35. The van der Waals surface area contributed by atoms with Crippen molar-refractivity contribution in [3.63, 3.8) is 0 Å². The van der Waals surface area contributed by atoms with Crippen LogP contribution >= 0.6 is 56.9 Å². The van der Waals surface area contributed by atoms with E-state index in [4.69, 9.17) is 0 Å². The quantitative estimate of drug-likeness (QED) is 0.533. The van der Waals surface area contributed by atoms with Gasteiger partial charge in [-0.05, 0) is 69.6 Å². The van der Waals surface area contributed by atoms with E-state index in [1.165, 1.54) is 12.0 Å². The highest BCUT2D eigenvalue weighted by Gasteiger charge is 1.95. The molecule has 0 aliphatic rings. The molecule has 0 saturated heterocycles. The van der Waals surface area contributed by atoms with Crippen molar-refractivity contribution in [3.05, 3.63) is 25.3 Å². The second kappa shape index (κ2) is 4.15. The standard InChI is InChI=1S/C7H6I2S/c1-10-5-2-3-6(8)7(9)4-5/h2-4H,1H3. The highest BCUT2D eigenvalue weighted by molar-refractivity contribution is 14.1. The third-order valence-corrected chi connectivity index (χ3v) is 4.72. The summed E-state index contributed by atoms with van der Waals surface area (Å²) in [5.41, 5.74) is 0. The lowest BCUT2D eigenvalue weighted by Crippen LogP contribution is -1.78. The lowest BCUT2D eigenvalue weighted by Gasteiger charge is -1.98. The highest BCUT2D eigenvalue weighted by atomic mass is 127. The van der Waals surface area contributed by atoms with Crippen molar-refractivity contribution in [2.75, 3.05) is 6.26 Å². The fraction of sp³-hybridized carbons (Fsp3) is 0.143. The van der Waals surface area contributed by atoms with Crippen molar-refractivity contribution < 1.29 is 0 Å². The first kappa shape index (κ1) is 9.12. The molecule has 1 aromatic carbocycles. The summed E-state index contributed by atoms with van der Waals surface area (Å²) in [6.45, 7) is 0. The van der Waals surface area contributed by atoms with Gasteiger partial charge in [-0.1, -0.05) is 0 Å². The van der Waals surface area contributed by atoms with Crippen LogP contribution in [0, 0.1) is 7.14 Å². The molecule has 10 heavy (non-hydrogen) atoms. The van der Waals surface area contributed by atoms with Gasteiger partial charge in [-0.3, -0.25) is 0 Å². The molecule has 0 heterocycles. The Morgan fingerprint density at radius 2 is 1.90 bits per heavy atom. The van der Waals surface area contributed by atoms with Crippen molar-refractivity contribution in [2.24, 2.45) is 0 Å². The highest BCUT2D eigenvalue weighted by Crippen LogP contribution is 2.21. The smallest absolute Gasteiger partial charge is 0.0275 e. The van der Waals surface area contributed by atoms with E-state index in [9.17, 15) is 0 Å².